The number of hydrogen-bond donors (Lipinski definition) is 0. The standard InChI is InChI=1S/C54H27N9/c1-57-37(32-55)29-34-17-23-39(24-18-34)61-45-14-8-5-11-42(45)49-52-50(43-12-6-9-15-46(43)62(52)40-25-19-35(20-26-40)30-38(33-56)58-2)54-51(53(49)61)44-13-7-10-16-47(44)63(54)41-27-21-36(22-28-41)31-48(59-3)60-4/h5-31H/b37-29+,38-30-. The second-order valence-electron chi connectivity index (χ2n) is 14.7. The first-order chi connectivity index (χ1) is 31.0. The average molecular weight is 802 g/mol. The Kier molecular flexibility index (Phi) is 8.92. The third-order valence-corrected chi connectivity index (χ3v) is 11.4. The van der Waals surface area contributed by atoms with Crippen molar-refractivity contribution >= 4 is 83.6 Å². The summed E-state index contributed by atoms with van der Waals surface area (Å²) < 4.78 is 6.93. The van der Waals surface area contributed by atoms with Gasteiger partial charge in [0.1, 0.15) is 13.1 Å². The molecule has 0 saturated heterocycles. The van der Waals surface area contributed by atoms with Crippen molar-refractivity contribution in [1.29, 1.82) is 10.5 Å². The summed E-state index contributed by atoms with van der Waals surface area (Å²) >= 11 is 0. The van der Waals surface area contributed by atoms with Crippen LogP contribution in [-0.2, 0) is 0 Å². The fourth-order valence-corrected chi connectivity index (χ4v) is 8.85. The van der Waals surface area contributed by atoms with E-state index in [1.165, 1.54) is 0 Å². The number of allylic oxidation sites excluding steroid dienone is 2. The van der Waals surface area contributed by atoms with E-state index in [0.717, 1.165) is 99.2 Å². The van der Waals surface area contributed by atoms with E-state index in [0.29, 0.717) is 0 Å². The smallest absolute Gasteiger partial charge is 0.308 e. The van der Waals surface area contributed by atoms with E-state index in [2.05, 4.69) is 87.7 Å². The molecular formula is C54H27N9. The Hall–Kier alpha value is -9.90. The van der Waals surface area contributed by atoms with Gasteiger partial charge in [-0.05, 0) is 83.4 Å². The summed E-state index contributed by atoms with van der Waals surface area (Å²) in [5, 5.41) is 25.3. The van der Waals surface area contributed by atoms with Gasteiger partial charge in [-0.15, -0.1) is 0 Å². The maximum absolute atomic E-state index is 9.49. The number of nitrogens with zero attached hydrogens (tertiary/aromatic N) is 9. The molecule has 9 nitrogen and oxygen atoms in total. The van der Waals surface area contributed by atoms with Gasteiger partial charge in [0, 0.05) is 55.5 Å². The van der Waals surface area contributed by atoms with Crippen LogP contribution in [0, 0.1) is 49.0 Å². The van der Waals surface area contributed by atoms with Gasteiger partial charge < -0.3 is 13.7 Å². The molecule has 3 aromatic heterocycles. The topological polar surface area (TPSA) is 79.8 Å². The molecule has 0 fully saturated rings. The van der Waals surface area contributed by atoms with E-state index in [1.54, 1.807) is 18.2 Å². The fraction of sp³-hybridized carbons (Fsp3) is 0. The maximum Gasteiger partial charge on any atom is 0.519 e. The number of fused-ring (bicyclic) bond motifs is 12. The van der Waals surface area contributed by atoms with Crippen LogP contribution in [0.25, 0.3) is 120 Å². The van der Waals surface area contributed by atoms with Crippen LogP contribution in [0.3, 0.4) is 0 Å². The third-order valence-electron chi connectivity index (χ3n) is 11.4. The molecule has 0 aliphatic carbocycles. The average Bonchev–Trinajstić information content (AvgIpc) is 3.98. The van der Waals surface area contributed by atoms with Crippen LogP contribution in [0.4, 0.5) is 0 Å². The lowest BCUT2D eigenvalue weighted by Gasteiger charge is -2.14. The first-order valence-corrected chi connectivity index (χ1v) is 19.7. The van der Waals surface area contributed by atoms with Gasteiger partial charge in [0.15, 0.2) is 0 Å². The molecular weight excluding hydrogens is 775 g/mol. The van der Waals surface area contributed by atoms with E-state index in [1.807, 2.05) is 103 Å². The minimum atomic E-state index is -0.00810. The molecule has 0 aliphatic rings. The van der Waals surface area contributed by atoms with Gasteiger partial charge in [0.05, 0.1) is 58.4 Å². The minimum Gasteiger partial charge on any atom is -0.308 e. The Balaban J connectivity index is 1.42. The SMILES string of the molecule is [C-]#[N+]C(=Cc1ccc(-n2c3ccccc3c3c2c2c4ccccc4n(-c4ccc(/C=C(/C#N)[N+]#[C-])cc4)c2c2c4ccccc4n(-c4ccc(/C=C(\C#N)[N+]#[C-])cc4)c32)cc1)[N+]#[C-]. The van der Waals surface area contributed by atoms with E-state index in [-0.39, 0.29) is 17.2 Å². The van der Waals surface area contributed by atoms with Crippen LogP contribution in [0.5, 0.6) is 0 Å². The van der Waals surface area contributed by atoms with E-state index < -0.39 is 0 Å². The van der Waals surface area contributed by atoms with Crippen molar-refractivity contribution in [2.45, 2.75) is 0 Å². The first-order valence-electron chi connectivity index (χ1n) is 19.7. The zero-order valence-electron chi connectivity index (χ0n) is 33.1. The molecule has 0 N–H and O–H groups in total. The Morgan fingerprint density at radius 2 is 0.698 bits per heavy atom. The molecule has 63 heavy (non-hydrogen) atoms. The van der Waals surface area contributed by atoms with Gasteiger partial charge in [-0.2, -0.15) is 9.69 Å². The Morgan fingerprint density at radius 3 is 0.984 bits per heavy atom. The largest absolute Gasteiger partial charge is 0.519 e. The highest BCUT2D eigenvalue weighted by molar-refractivity contribution is 6.40. The van der Waals surface area contributed by atoms with Gasteiger partial charge >= 0.3 is 5.82 Å². The quantitative estimate of drug-likeness (QED) is 0.124. The summed E-state index contributed by atoms with van der Waals surface area (Å²) in [6, 6.07) is 53.0. The number of hydrogen-bond acceptors (Lipinski definition) is 2. The molecule has 0 radical (unpaired) electrons. The molecule has 288 valence electrons. The summed E-state index contributed by atoms with van der Waals surface area (Å²) in [7, 11) is 0. The molecule has 0 spiro atoms. The van der Waals surface area contributed by atoms with E-state index >= 15 is 0 Å². The Bertz CT molecular complexity index is 3450. The summed E-state index contributed by atoms with van der Waals surface area (Å²) in [6.07, 6.45) is 4.77. The fourth-order valence-electron chi connectivity index (χ4n) is 8.85. The lowest BCUT2D eigenvalue weighted by atomic mass is 10.0. The van der Waals surface area contributed by atoms with Crippen molar-refractivity contribution in [1.82, 2.24) is 13.7 Å². The molecule has 3 heterocycles. The van der Waals surface area contributed by atoms with Crippen LogP contribution in [0.2, 0.25) is 0 Å². The molecule has 10 aromatic rings. The van der Waals surface area contributed by atoms with Crippen LogP contribution in [-0.4, -0.2) is 13.7 Å². The van der Waals surface area contributed by atoms with Crippen molar-refractivity contribution in [2.24, 2.45) is 0 Å². The van der Waals surface area contributed by atoms with Crippen molar-refractivity contribution in [2.75, 3.05) is 0 Å². The van der Waals surface area contributed by atoms with Crippen LogP contribution in [0.15, 0.2) is 163 Å². The second-order valence-corrected chi connectivity index (χ2v) is 14.7. The molecule has 9 heteroatoms. The molecule has 7 aromatic carbocycles. The van der Waals surface area contributed by atoms with Crippen molar-refractivity contribution < 1.29 is 0 Å². The van der Waals surface area contributed by atoms with E-state index in [9.17, 15) is 10.5 Å². The maximum atomic E-state index is 9.49. The van der Waals surface area contributed by atoms with Crippen LogP contribution >= 0.6 is 0 Å². The van der Waals surface area contributed by atoms with Gasteiger partial charge in [-0.1, -0.05) is 91.0 Å². The van der Waals surface area contributed by atoms with Gasteiger partial charge in [0.2, 0.25) is 0 Å². The third kappa shape index (κ3) is 5.88. The molecule has 10 rings (SSSR count). The molecule has 0 saturated carbocycles. The summed E-state index contributed by atoms with van der Waals surface area (Å²) in [6.45, 7) is 29.7. The highest BCUT2D eigenvalue weighted by Crippen LogP contribution is 2.50. The molecule has 0 amide bonds. The number of rotatable bonds is 6. The first kappa shape index (κ1) is 37.4. The predicted octanol–water partition coefficient (Wildman–Crippen LogP) is 13.7. The molecule has 0 atom stereocenters. The zero-order valence-corrected chi connectivity index (χ0v) is 33.1. The number of para-hydroxylation sites is 3. The predicted molar refractivity (Wildman–Crippen MR) is 251 cm³/mol. The van der Waals surface area contributed by atoms with Gasteiger partial charge in [-0.25, -0.2) is 20.2 Å². The van der Waals surface area contributed by atoms with Gasteiger partial charge in [0.25, 0.3) is 11.4 Å². The number of nitriles is 2. The lowest BCUT2D eigenvalue weighted by Crippen LogP contribution is -1.98. The van der Waals surface area contributed by atoms with Crippen molar-refractivity contribution in [3.05, 3.63) is 225 Å². The molecule has 0 bridgehead atoms. The molecule has 0 aliphatic heterocycles. The van der Waals surface area contributed by atoms with E-state index in [4.69, 9.17) is 26.3 Å². The van der Waals surface area contributed by atoms with Crippen molar-refractivity contribution in [3.63, 3.8) is 0 Å². The Morgan fingerprint density at radius 1 is 0.397 bits per heavy atom. The highest BCUT2D eigenvalue weighted by atomic mass is 15.0. The number of benzene rings is 7. The zero-order chi connectivity index (χ0) is 43.2. The summed E-state index contributed by atoms with van der Waals surface area (Å²) in [4.78, 5) is 13.5. The highest BCUT2D eigenvalue weighted by Gasteiger charge is 2.28. The number of aromatic nitrogens is 3. The second kappa shape index (κ2) is 15.0. The van der Waals surface area contributed by atoms with Crippen molar-refractivity contribution in [3.8, 4) is 29.2 Å². The summed E-state index contributed by atoms with van der Waals surface area (Å²) in [5.74, 6) is -0.00810. The summed E-state index contributed by atoms with van der Waals surface area (Å²) in [5.41, 5.74) is 10.9. The van der Waals surface area contributed by atoms with Gasteiger partial charge in [-0.3, -0.25) is 0 Å². The van der Waals surface area contributed by atoms with Crippen LogP contribution < -0.4 is 0 Å². The lowest BCUT2D eigenvalue weighted by molar-refractivity contribution is 1.17. The van der Waals surface area contributed by atoms with Crippen LogP contribution in [0.1, 0.15) is 16.7 Å². The monoisotopic (exact) mass is 801 g/mol. The normalized spacial score (nSPS) is 11.6. The molecule has 0 unspecified atom stereocenters. The minimum absolute atomic E-state index is 0.00701. The Labute approximate surface area is 360 Å².